The molecule has 2 rings (SSSR count). The van der Waals surface area contributed by atoms with Gasteiger partial charge in [0.25, 0.3) is 5.91 Å². The van der Waals surface area contributed by atoms with Crippen molar-refractivity contribution in [3.8, 4) is 17.0 Å². The number of benzene rings is 1. The van der Waals surface area contributed by atoms with Crippen molar-refractivity contribution in [2.45, 2.75) is 13.8 Å². The molecule has 0 unspecified atom stereocenters. The number of amides is 1. The number of ether oxygens (including phenoxy) is 1. The Labute approximate surface area is 125 Å². The fourth-order valence-corrected chi connectivity index (χ4v) is 1.88. The first-order valence-electron chi connectivity index (χ1n) is 6.99. The molecule has 0 spiro atoms. The van der Waals surface area contributed by atoms with Crippen LogP contribution in [0.2, 0.25) is 0 Å². The minimum absolute atomic E-state index is 0.0895. The minimum Gasteiger partial charge on any atom is -0.497 e. The molecule has 0 fully saturated rings. The number of methoxy groups -OCH3 is 1. The summed E-state index contributed by atoms with van der Waals surface area (Å²) in [6.07, 6.45) is 1.60. The second-order valence-electron chi connectivity index (χ2n) is 5.27. The van der Waals surface area contributed by atoms with Crippen LogP contribution in [0.4, 0.5) is 0 Å². The van der Waals surface area contributed by atoms with Gasteiger partial charge in [-0.3, -0.25) is 9.78 Å². The predicted molar refractivity (Wildman–Crippen MR) is 83.4 cm³/mol. The van der Waals surface area contributed by atoms with Gasteiger partial charge >= 0.3 is 0 Å². The Balaban J connectivity index is 2.13. The quantitative estimate of drug-likeness (QED) is 0.917. The summed E-state index contributed by atoms with van der Waals surface area (Å²) >= 11 is 0. The van der Waals surface area contributed by atoms with E-state index in [9.17, 15) is 4.79 Å². The Bertz CT molecular complexity index is 606. The van der Waals surface area contributed by atoms with E-state index >= 15 is 0 Å². The number of nitrogens with one attached hydrogen (secondary N) is 1. The topological polar surface area (TPSA) is 51.2 Å². The fourth-order valence-electron chi connectivity index (χ4n) is 1.88. The zero-order chi connectivity index (χ0) is 15.2. The number of hydrogen-bond donors (Lipinski definition) is 1. The summed E-state index contributed by atoms with van der Waals surface area (Å²) in [4.78, 5) is 16.3. The van der Waals surface area contributed by atoms with Crippen LogP contribution in [0.5, 0.6) is 5.75 Å². The maximum atomic E-state index is 11.9. The van der Waals surface area contributed by atoms with Crippen molar-refractivity contribution in [3.63, 3.8) is 0 Å². The van der Waals surface area contributed by atoms with Gasteiger partial charge in [0, 0.05) is 18.3 Å². The van der Waals surface area contributed by atoms with Crippen LogP contribution < -0.4 is 10.1 Å². The van der Waals surface area contributed by atoms with Gasteiger partial charge in [0.1, 0.15) is 5.75 Å². The van der Waals surface area contributed by atoms with E-state index in [-0.39, 0.29) is 5.91 Å². The summed E-state index contributed by atoms with van der Waals surface area (Å²) in [7, 11) is 1.63. The summed E-state index contributed by atoms with van der Waals surface area (Å²) in [5.41, 5.74) is 2.35. The highest BCUT2D eigenvalue weighted by molar-refractivity contribution is 5.94. The summed E-state index contributed by atoms with van der Waals surface area (Å²) in [6, 6.07) is 11.3. The molecule has 0 radical (unpaired) electrons. The molecular formula is C17H20N2O2. The van der Waals surface area contributed by atoms with Gasteiger partial charge in [-0.1, -0.05) is 26.0 Å². The van der Waals surface area contributed by atoms with Crippen molar-refractivity contribution in [2.75, 3.05) is 13.7 Å². The summed E-state index contributed by atoms with van der Waals surface area (Å²) in [5.74, 6) is 1.12. The first-order valence-corrected chi connectivity index (χ1v) is 6.99. The largest absolute Gasteiger partial charge is 0.497 e. The number of pyridine rings is 1. The normalized spacial score (nSPS) is 10.5. The SMILES string of the molecule is COc1cccc(-c2ccc(C(=O)NCC(C)C)cn2)c1. The molecule has 1 heterocycles. The van der Waals surface area contributed by atoms with Crippen LogP contribution in [0.1, 0.15) is 24.2 Å². The third-order valence-electron chi connectivity index (χ3n) is 3.06. The Morgan fingerprint density at radius 2 is 2.10 bits per heavy atom. The molecule has 0 aliphatic heterocycles. The van der Waals surface area contributed by atoms with Gasteiger partial charge in [0.2, 0.25) is 0 Å². The number of carbonyl (C=O) groups excluding carboxylic acids is 1. The fraction of sp³-hybridized carbons (Fsp3) is 0.294. The molecule has 0 atom stereocenters. The van der Waals surface area contributed by atoms with Gasteiger partial charge in [-0.25, -0.2) is 0 Å². The molecule has 4 nitrogen and oxygen atoms in total. The Kier molecular flexibility index (Phi) is 4.93. The number of hydrogen-bond acceptors (Lipinski definition) is 3. The molecule has 110 valence electrons. The van der Waals surface area contributed by atoms with E-state index in [2.05, 4.69) is 24.1 Å². The van der Waals surface area contributed by atoms with Crippen LogP contribution in [0, 0.1) is 5.92 Å². The molecule has 21 heavy (non-hydrogen) atoms. The van der Waals surface area contributed by atoms with Crippen molar-refractivity contribution in [1.29, 1.82) is 0 Å². The lowest BCUT2D eigenvalue weighted by molar-refractivity contribution is 0.0948. The van der Waals surface area contributed by atoms with Crippen LogP contribution in [0.25, 0.3) is 11.3 Å². The third kappa shape index (κ3) is 4.05. The molecule has 4 heteroatoms. The van der Waals surface area contributed by atoms with Crippen molar-refractivity contribution < 1.29 is 9.53 Å². The molecule has 2 aromatic rings. The van der Waals surface area contributed by atoms with Gasteiger partial charge in [-0.05, 0) is 30.2 Å². The highest BCUT2D eigenvalue weighted by Crippen LogP contribution is 2.22. The zero-order valence-electron chi connectivity index (χ0n) is 12.6. The van der Waals surface area contributed by atoms with E-state index in [0.29, 0.717) is 18.0 Å². The molecule has 1 aromatic carbocycles. The average Bonchev–Trinajstić information content (AvgIpc) is 2.52. The average molecular weight is 284 g/mol. The van der Waals surface area contributed by atoms with Crippen molar-refractivity contribution in [2.24, 2.45) is 5.92 Å². The van der Waals surface area contributed by atoms with Crippen molar-refractivity contribution in [1.82, 2.24) is 10.3 Å². The Morgan fingerprint density at radius 3 is 2.71 bits per heavy atom. The molecule has 0 saturated carbocycles. The monoisotopic (exact) mass is 284 g/mol. The summed E-state index contributed by atoms with van der Waals surface area (Å²) in [6.45, 7) is 4.78. The van der Waals surface area contributed by atoms with Gasteiger partial charge in [0.15, 0.2) is 0 Å². The highest BCUT2D eigenvalue weighted by atomic mass is 16.5. The first-order chi connectivity index (χ1) is 10.1. The third-order valence-corrected chi connectivity index (χ3v) is 3.06. The van der Waals surface area contributed by atoms with Crippen LogP contribution in [-0.2, 0) is 0 Å². The summed E-state index contributed by atoms with van der Waals surface area (Å²) < 4.78 is 5.20. The molecule has 0 aliphatic carbocycles. The lowest BCUT2D eigenvalue weighted by atomic mass is 10.1. The highest BCUT2D eigenvalue weighted by Gasteiger charge is 2.07. The lowest BCUT2D eigenvalue weighted by Crippen LogP contribution is -2.27. The molecule has 0 aliphatic rings. The lowest BCUT2D eigenvalue weighted by Gasteiger charge is -2.08. The van der Waals surface area contributed by atoms with E-state index in [1.165, 1.54) is 0 Å². The van der Waals surface area contributed by atoms with Crippen molar-refractivity contribution >= 4 is 5.91 Å². The van der Waals surface area contributed by atoms with Crippen molar-refractivity contribution in [3.05, 3.63) is 48.2 Å². The van der Waals surface area contributed by atoms with E-state index in [1.807, 2.05) is 30.3 Å². The van der Waals surface area contributed by atoms with E-state index in [4.69, 9.17) is 4.74 Å². The Morgan fingerprint density at radius 1 is 1.29 bits per heavy atom. The first kappa shape index (κ1) is 15.0. The molecule has 1 N–H and O–H groups in total. The second-order valence-corrected chi connectivity index (χ2v) is 5.27. The van der Waals surface area contributed by atoms with E-state index < -0.39 is 0 Å². The molecule has 1 amide bonds. The number of rotatable bonds is 5. The molecular weight excluding hydrogens is 264 g/mol. The van der Waals surface area contributed by atoms with E-state index in [1.54, 1.807) is 19.4 Å². The van der Waals surface area contributed by atoms with Gasteiger partial charge < -0.3 is 10.1 Å². The van der Waals surface area contributed by atoms with Crippen LogP contribution in [0.3, 0.4) is 0 Å². The van der Waals surface area contributed by atoms with Crippen LogP contribution >= 0.6 is 0 Å². The predicted octanol–water partition coefficient (Wildman–Crippen LogP) is 3.14. The van der Waals surface area contributed by atoms with Gasteiger partial charge in [-0.15, -0.1) is 0 Å². The van der Waals surface area contributed by atoms with Gasteiger partial charge in [-0.2, -0.15) is 0 Å². The Hall–Kier alpha value is -2.36. The minimum atomic E-state index is -0.0895. The maximum Gasteiger partial charge on any atom is 0.252 e. The molecule has 0 bridgehead atoms. The van der Waals surface area contributed by atoms with Gasteiger partial charge in [0.05, 0.1) is 18.4 Å². The summed E-state index contributed by atoms with van der Waals surface area (Å²) in [5, 5.41) is 2.88. The molecule has 0 saturated heterocycles. The zero-order valence-corrected chi connectivity index (χ0v) is 12.6. The number of carbonyl (C=O) groups is 1. The van der Waals surface area contributed by atoms with Crippen LogP contribution in [-0.4, -0.2) is 24.5 Å². The van der Waals surface area contributed by atoms with E-state index in [0.717, 1.165) is 17.0 Å². The smallest absolute Gasteiger partial charge is 0.252 e. The number of aromatic nitrogens is 1. The second kappa shape index (κ2) is 6.88. The maximum absolute atomic E-state index is 11.9. The standard InChI is InChI=1S/C17H20N2O2/c1-12(2)10-19-17(20)14-7-8-16(18-11-14)13-5-4-6-15(9-13)21-3/h4-9,11-12H,10H2,1-3H3,(H,19,20). The molecule has 1 aromatic heterocycles. The number of nitrogens with zero attached hydrogens (tertiary/aromatic N) is 1. The van der Waals surface area contributed by atoms with Crippen LogP contribution in [0.15, 0.2) is 42.6 Å².